The lowest BCUT2D eigenvalue weighted by atomic mass is 10.0. The summed E-state index contributed by atoms with van der Waals surface area (Å²) in [6, 6.07) is 14.4. The maximum Gasteiger partial charge on any atom is 0.260 e. The second-order valence-corrected chi connectivity index (χ2v) is 6.57. The number of carbonyl (C=O) groups is 1. The van der Waals surface area contributed by atoms with Crippen molar-refractivity contribution in [2.45, 2.75) is 26.3 Å². The van der Waals surface area contributed by atoms with Crippen LogP contribution in [0.25, 0.3) is 0 Å². The summed E-state index contributed by atoms with van der Waals surface area (Å²) in [7, 11) is 0. The molecule has 20 heavy (non-hydrogen) atoms. The lowest BCUT2D eigenvalue weighted by Gasteiger charge is -2.17. The van der Waals surface area contributed by atoms with Crippen LogP contribution in [0.1, 0.15) is 41.3 Å². The van der Waals surface area contributed by atoms with Crippen molar-refractivity contribution in [3.63, 3.8) is 0 Å². The van der Waals surface area contributed by atoms with Crippen LogP contribution < -0.4 is 4.90 Å². The van der Waals surface area contributed by atoms with Crippen molar-refractivity contribution < 1.29 is 4.79 Å². The van der Waals surface area contributed by atoms with E-state index in [2.05, 4.69) is 48.6 Å². The van der Waals surface area contributed by atoms with E-state index in [-0.39, 0.29) is 5.91 Å². The van der Waals surface area contributed by atoms with E-state index in [1.807, 2.05) is 35.2 Å². The molecule has 3 rings (SSSR count). The van der Waals surface area contributed by atoms with E-state index in [0.29, 0.717) is 12.5 Å². The van der Waals surface area contributed by atoms with Crippen molar-refractivity contribution in [3.05, 3.63) is 62.7 Å². The molecule has 0 unspecified atom stereocenters. The minimum absolute atomic E-state index is 0.113. The summed E-state index contributed by atoms with van der Waals surface area (Å²) in [6.07, 6.45) is 0. The Morgan fingerprint density at radius 3 is 2.40 bits per heavy atom. The average molecular weight is 377 g/mol. The summed E-state index contributed by atoms with van der Waals surface area (Å²) in [4.78, 5) is 14.4. The van der Waals surface area contributed by atoms with E-state index in [1.54, 1.807) is 0 Å². The van der Waals surface area contributed by atoms with Crippen molar-refractivity contribution in [3.8, 4) is 0 Å². The van der Waals surface area contributed by atoms with Crippen LogP contribution in [0.5, 0.6) is 0 Å². The van der Waals surface area contributed by atoms with E-state index in [0.717, 1.165) is 20.4 Å². The second-order valence-electron chi connectivity index (χ2n) is 5.41. The first-order valence-electron chi connectivity index (χ1n) is 6.77. The van der Waals surface area contributed by atoms with Crippen molar-refractivity contribution >= 4 is 34.2 Å². The SMILES string of the molecule is CC(C)c1ccc(N2Cc3cccc(I)c3C2=O)cc1. The molecule has 0 fully saturated rings. The van der Waals surface area contributed by atoms with Crippen molar-refractivity contribution in [1.29, 1.82) is 0 Å². The van der Waals surface area contributed by atoms with Crippen LogP contribution in [0.3, 0.4) is 0 Å². The Labute approximate surface area is 132 Å². The Balaban J connectivity index is 1.94. The third kappa shape index (κ3) is 2.24. The molecule has 1 heterocycles. The van der Waals surface area contributed by atoms with Gasteiger partial charge in [0.05, 0.1) is 12.1 Å². The molecule has 0 spiro atoms. The summed E-state index contributed by atoms with van der Waals surface area (Å²) in [6.45, 7) is 5.02. The second kappa shape index (κ2) is 5.20. The van der Waals surface area contributed by atoms with Crippen molar-refractivity contribution in [2.24, 2.45) is 0 Å². The number of nitrogens with zero attached hydrogens (tertiary/aromatic N) is 1. The monoisotopic (exact) mass is 377 g/mol. The Morgan fingerprint density at radius 2 is 1.80 bits per heavy atom. The van der Waals surface area contributed by atoms with Crippen LogP contribution in [0.2, 0.25) is 0 Å². The van der Waals surface area contributed by atoms with Gasteiger partial charge in [0.2, 0.25) is 0 Å². The number of rotatable bonds is 2. The van der Waals surface area contributed by atoms with Gasteiger partial charge < -0.3 is 4.90 Å². The summed E-state index contributed by atoms with van der Waals surface area (Å²) in [5.74, 6) is 0.624. The minimum atomic E-state index is 0.113. The highest BCUT2D eigenvalue weighted by Gasteiger charge is 2.30. The van der Waals surface area contributed by atoms with Gasteiger partial charge in [0.15, 0.2) is 0 Å². The van der Waals surface area contributed by atoms with Crippen LogP contribution in [-0.2, 0) is 6.54 Å². The largest absolute Gasteiger partial charge is 0.304 e. The number of anilines is 1. The van der Waals surface area contributed by atoms with Gasteiger partial charge in [0.25, 0.3) is 5.91 Å². The standard InChI is InChI=1S/C17H16INO/c1-11(2)12-6-8-14(9-7-12)19-10-13-4-3-5-15(18)16(13)17(19)20/h3-9,11H,10H2,1-2H3. The van der Waals surface area contributed by atoms with Crippen molar-refractivity contribution in [1.82, 2.24) is 0 Å². The molecule has 2 nitrogen and oxygen atoms in total. The van der Waals surface area contributed by atoms with Gasteiger partial charge in [-0.05, 0) is 57.8 Å². The molecule has 1 aliphatic rings. The molecule has 1 aliphatic heterocycles. The van der Waals surface area contributed by atoms with E-state index in [9.17, 15) is 4.79 Å². The van der Waals surface area contributed by atoms with E-state index >= 15 is 0 Å². The summed E-state index contributed by atoms with van der Waals surface area (Å²) >= 11 is 2.24. The smallest absolute Gasteiger partial charge is 0.260 e. The Kier molecular flexibility index (Phi) is 3.54. The summed E-state index contributed by atoms with van der Waals surface area (Å²) < 4.78 is 1.03. The molecule has 102 valence electrons. The van der Waals surface area contributed by atoms with Gasteiger partial charge in [0.1, 0.15) is 0 Å². The number of carbonyl (C=O) groups excluding carboxylic acids is 1. The lowest BCUT2D eigenvalue weighted by molar-refractivity contribution is 0.0996. The van der Waals surface area contributed by atoms with E-state index in [1.165, 1.54) is 5.56 Å². The fourth-order valence-corrected chi connectivity index (χ4v) is 3.35. The van der Waals surface area contributed by atoms with Gasteiger partial charge in [-0.25, -0.2) is 0 Å². The van der Waals surface area contributed by atoms with Gasteiger partial charge >= 0.3 is 0 Å². The number of hydrogen-bond acceptors (Lipinski definition) is 1. The number of hydrogen-bond donors (Lipinski definition) is 0. The molecule has 0 N–H and O–H groups in total. The highest BCUT2D eigenvalue weighted by atomic mass is 127. The van der Waals surface area contributed by atoms with Crippen LogP contribution in [0.15, 0.2) is 42.5 Å². The van der Waals surface area contributed by atoms with Crippen molar-refractivity contribution in [2.75, 3.05) is 4.90 Å². The molecule has 0 radical (unpaired) electrons. The molecule has 2 aromatic rings. The topological polar surface area (TPSA) is 20.3 Å². The molecule has 0 saturated carbocycles. The maximum absolute atomic E-state index is 12.6. The first-order chi connectivity index (χ1) is 9.58. The van der Waals surface area contributed by atoms with E-state index < -0.39 is 0 Å². The lowest BCUT2D eigenvalue weighted by Crippen LogP contribution is -2.23. The summed E-state index contributed by atoms with van der Waals surface area (Å²) in [5, 5.41) is 0. The molecule has 0 saturated heterocycles. The fourth-order valence-electron chi connectivity index (χ4n) is 2.56. The summed E-state index contributed by atoms with van der Waals surface area (Å²) in [5.41, 5.74) is 4.26. The number of amides is 1. The Bertz CT molecular complexity index is 661. The highest BCUT2D eigenvalue weighted by Crippen LogP contribution is 2.31. The zero-order valence-corrected chi connectivity index (χ0v) is 13.7. The third-order valence-corrected chi connectivity index (χ3v) is 4.66. The highest BCUT2D eigenvalue weighted by molar-refractivity contribution is 14.1. The van der Waals surface area contributed by atoms with Gasteiger partial charge in [-0.3, -0.25) is 4.79 Å². The van der Waals surface area contributed by atoms with Crippen LogP contribution in [0.4, 0.5) is 5.69 Å². The molecular formula is C17H16INO. The fraction of sp³-hybridized carbons (Fsp3) is 0.235. The molecule has 0 aliphatic carbocycles. The zero-order chi connectivity index (χ0) is 14.3. The Hall–Kier alpha value is -1.36. The Morgan fingerprint density at radius 1 is 1.10 bits per heavy atom. The predicted molar refractivity (Wildman–Crippen MR) is 90.2 cm³/mol. The minimum Gasteiger partial charge on any atom is -0.304 e. The first kappa shape index (κ1) is 13.6. The zero-order valence-electron chi connectivity index (χ0n) is 11.6. The predicted octanol–water partition coefficient (Wildman–Crippen LogP) is 4.58. The molecule has 2 aromatic carbocycles. The molecule has 0 atom stereocenters. The van der Waals surface area contributed by atoms with Gasteiger partial charge in [0, 0.05) is 9.26 Å². The van der Waals surface area contributed by atoms with E-state index in [4.69, 9.17) is 0 Å². The average Bonchev–Trinajstić information content (AvgIpc) is 2.77. The van der Waals surface area contributed by atoms with Crippen LogP contribution >= 0.6 is 22.6 Å². The van der Waals surface area contributed by atoms with Crippen LogP contribution in [0, 0.1) is 3.57 Å². The normalized spacial score (nSPS) is 14.0. The van der Waals surface area contributed by atoms with Gasteiger partial charge in [-0.15, -0.1) is 0 Å². The van der Waals surface area contributed by atoms with Gasteiger partial charge in [-0.2, -0.15) is 0 Å². The number of halogens is 1. The van der Waals surface area contributed by atoms with Gasteiger partial charge in [-0.1, -0.05) is 38.1 Å². The molecule has 0 aromatic heterocycles. The van der Waals surface area contributed by atoms with Crippen LogP contribution in [-0.4, -0.2) is 5.91 Å². The quantitative estimate of drug-likeness (QED) is 0.702. The molecule has 1 amide bonds. The molecule has 3 heteroatoms. The molecular weight excluding hydrogens is 361 g/mol. The maximum atomic E-state index is 12.6. The number of fused-ring (bicyclic) bond motifs is 1. The first-order valence-corrected chi connectivity index (χ1v) is 7.85. The third-order valence-electron chi connectivity index (χ3n) is 3.76. The number of benzene rings is 2. The molecule has 0 bridgehead atoms.